The molecule has 1 rings (SSSR count). The van der Waals surface area contributed by atoms with Crippen molar-refractivity contribution in [2.75, 3.05) is 7.11 Å². The van der Waals surface area contributed by atoms with Gasteiger partial charge in [0.15, 0.2) is 0 Å². The van der Waals surface area contributed by atoms with Crippen molar-refractivity contribution in [2.24, 2.45) is 0 Å². The third kappa shape index (κ3) is 1.82. The van der Waals surface area contributed by atoms with Gasteiger partial charge in [-0.25, -0.2) is 0 Å². The van der Waals surface area contributed by atoms with E-state index in [2.05, 4.69) is 0 Å². The quantitative estimate of drug-likeness (QED) is 0.682. The molecule has 0 aliphatic heterocycles. The Labute approximate surface area is 68.8 Å². The summed E-state index contributed by atoms with van der Waals surface area (Å²) in [4.78, 5) is 1.03. The molecule has 0 aliphatic carbocycles. The van der Waals surface area contributed by atoms with Gasteiger partial charge in [0.1, 0.15) is 5.75 Å². The van der Waals surface area contributed by atoms with E-state index in [4.69, 9.17) is 15.4 Å². The van der Waals surface area contributed by atoms with Gasteiger partial charge in [-0.3, -0.25) is 0 Å². The van der Waals surface area contributed by atoms with Crippen LogP contribution >= 0.6 is 21.7 Å². The Kier molecular flexibility index (Phi) is 2.90. The molecule has 0 amide bonds. The molecule has 0 aliphatic rings. The highest BCUT2D eigenvalue weighted by atomic mass is 35.7. The van der Waals surface area contributed by atoms with E-state index in [0.29, 0.717) is 0 Å². The van der Waals surface area contributed by atoms with Crippen LogP contribution < -0.4 is 4.74 Å². The largest absolute Gasteiger partial charge is 0.497 e. The first-order chi connectivity index (χ1) is 4.86. The van der Waals surface area contributed by atoms with Crippen LogP contribution in [0, 0.1) is 0 Å². The Morgan fingerprint density at radius 1 is 1.30 bits per heavy atom. The van der Waals surface area contributed by atoms with Crippen molar-refractivity contribution in [3.8, 4) is 5.75 Å². The summed E-state index contributed by atoms with van der Waals surface area (Å²) in [7, 11) is 8.34. The van der Waals surface area contributed by atoms with Crippen LogP contribution in [0.15, 0.2) is 29.2 Å². The molecule has 0 spiro atoms. The molecule has 1 aromatic rings. The van der Waals surface area contributed by atoms with E-state index in [9.17, 15) is 0 Å². The highest BCUT2D eigenvalue weighted by Gasteiger charge is 1.90. The number of hydrogen-bond donors (Lipinski definition) is 0. The minimum absolute atomic E-state index is 0.856. The number of ether oxygens (including phenoxy) is 1. The second kappa shape index (κ2) is 3.74. The minimum Gasteiger partial charge on any atom is -0.497 e. The van der Waals surface area contributed by atoms with Gasteiger partial charge < -0.3 is 4.74 Å². The molecule has 0 fully saturated rings. The van der Waals surface area contributed by atoms with Gasteiger partial charge in [-0.15, -0.1) is 0 Å². The summed E-state index contributed by atoms with van der Waals surface area (Å²) in [5.41, 5.74) is 0. The lowest BCUT2D eigenvalue weighted by molar-refractivity contribution is 0.414. The number of hydrogen-bond acceptors (Lipinski definition) is 2. The summed E-state index contributed by atoms with van der Waals surface area (Å²) in [6.45, 7) is 0. The molecule has 10 heavy (non-hydrogen) atoms. The van der Waals surface area contributed by atoms with Gasteiger partial charge in [-0.05, 0) is 45.9 Å². The number of halogens is 1. The van der Waals surface area contributed by atoms with Crippen molar-refractivity contribution >= 4 is 21.7 Å². The maximum absolute atomic E-state index is 5.50. The van der Waals surface area contributed by atoms with Crippen molar-refractivity contribution in [2.45, 2.75) is 4.90 Å². The topological polar surface area (TPSA) is 9.23 Å². The average molecular weight is 175 g/mol. The molecule has 0 heterocycles. The van der Waals surface area contributed by atoms with Gasteiger partial charge in [0.25, 0.3) is 0 Å². The maximum Gasteiger partial charge on any atom is 0.118 e. The first-order valence-corrected chi connectivity index (χ1v) is 4.43. The molecule has 0 bridgehead atoms. The first kappa shape index (κ1) is 7.76. The third-order valence-electron chi connectivity index (χ3n) is 1.15. The summed E-state index contributed by atoms with van der Waals surface area (Å²) in [6, 6.07) is 7.59. The monoisotopic (exact) mass is 174 g/mol. The number of methoxy groups -OCH3 is 1. The predicted octanol–water partition coefficient (Wildman–Crippen LogP) is 2.94. The van der Waals surface area contributed by atoms with Gasteiger partial charge in [0.2, 0.25) is 0 Å². The van der Waals surface area contributed by atoms with Crippen molar-refractivity contribution in [3.63, 3.8) is 0 Å². The smallest absolute Gasteiger partial charge is 0.118 e. The van der Waals surface area contributed by atoms with Gasteiger partial charge in [0, 0.05) is 4.90 Å². The number of rotatable bonds is 2. The summed E-state index contributed by atoms with van der Waals surface area (Å²) in [6.07, 6.45) is 0. The maximum atomic E-state index is 5.50. The highest BCUT2D eigenvalue weighted by molar-refractivity contribution is 8.21. The Bertz CT molecular complexity index is 174. The van der Waals surface area contributed by atoms with Crippen LogP contribution in [0.1, 0.15) is 0 Å². The Morgan fingerprint density at radius 3 is 2.30 bits per heavy atom. The minimum atomic E-state index is 0.856. The zero-order valence-corrected chi connectivity index (χ0v) is 7.08. The Hall–Kier alpha value is -0.340. The Balaban J connectivity index is 2.80. The molecule has 0 unspecified atom stereocenters. The van der Waals surface area contributed by atoms with Crippen LogP contribution in [0.2, 0.25) is 0 Å². The van der Waals surface area contributed by atoms with Crippen LogP contribution in [-0.2, 0) is 0 Å². The van der Waals surface area contributed by atoms with E-state index in [1.165, 1.54) is 11.0 Å². The van der Waals surface area contributed by atoms with Crippen LogP contribution in [0.3, 0.4) is 0 Å². The van der Waals surface area contributed by atoms with E-state index in [0.717, 1.165) is 10.6 Å². The molecule has 54 valence electrons. The van der Waals surface area contributed by atoms with Crippen molar-refractivity contribution in [1.82, 2.24) is 0 Å². The summed E-state index contributed by atoms with van der Waals surface area (Å²) < 4.78 is 4.96. The van der Waals surface area contributed by atoms with Crippen LogP contribution in [0.4, 0.5) is 0 Å². The first-order valence-electron chi connectivity index (χ1n) is 2.79. The fourth-order valence-corrected chi connectivity index (χ4v) is 1.17. The second-order valence-corrected chi connectivity index (χ2v) is 2.84. The molecule has 0 saturated carbocycles. The fourth-order valence-electron chi connectivity index (χ4n) is 0.627. The van der Waals surface area contributed by atoms with E-state index in [1.54, 1.807) is 7.11 Å². The molecule has 0 atom stereocenters. The predicted molar refractivity (Wildman–Crippen MR) is 44.7 cm³/mol. The fraction of sp³-hybridized carbons (Fsp3) is 0.143. The van der Waals surface area contributed by atoms with Gasteiger partial charge in [-0.2, -0.15) is 0 Å². The molecule has 0 saturated heterocycles. The van der Waals surface area contributed by atoms with Crippen LogP contribution in [-0.4, -0.2) is 7.11 Å². The van der Waals surface area contributed by atoms with Crippen molar-refractivity contribution < 1.29 is 4.74 Å². The van der Waals surface area contributed by atoms with E-state index >= 15 is 0 Å². The third-order valence-corrected chi connectivity index (χ3v) is 2.13. The molecular weight excluding hydrogens is 168 g/mol. The molecule has 3 heteroatoms. The lowest BCUT2D eigenvalue weighted by Gasteiger charge is -1.98. The van der Waals surface area contributed by atoms with E-state index < -0.39 is 0 Å². The van der Waals surface area contributed by atoms with Gasteiger partial charge >= 0.3 is 0 Å². The molecule has 0 N–H and O–H groups in total. The highest BCUT2D eigenvalue weighted by Crippen LogP contribution is 2.23. The molecule has 1 aromatic carbocycles. The lowest BCUT2D eigenvalue weighted by atomic mass is 10.3. The summed E-state index contributed by atoms with van der Waals surface area (Å²) in [5, 5.41) is 0. The van der Waals surface area contributed by atoms with Gasteiger partial charge in [0.05, 0.1) is 7.11 Å². The number of benzene rings is 1. The molecule has 1 nitrogen and oxygen atoms in total. The van der Waals surface area contributed by atoms with E-state index in [-0.39, 0.29) is 0 Å². The standard InChI is InChI=1S/C7H7ClOS/c1-9-6-2-4-7(10-8)5-3-6/h2-5H,1H3. The van der Waals surface area contributed by atoms with Crippen LogP contribution in [0.25, 0.3) is 0 Å². The normalized spacial score (nSPS) is 9.40. The Morgan fingerprint density at radius 2 is 1.90 bits per heavy atom. The average Bonchev–Trinajstić information content (AvgIpc) is 2.05. The SMILES string of the molecule is COc1ccc(SCl)cc1. The zero-order valence-electron chi connectivity index (χ0n) is 5.50. The lowest BCUT2D eigenvalue weighted by Crippen LogP contribution is -1.80. The van der Waals surface area contributed by atoms with Crippen molar-refractivity contribution in [3.05, 3.63) is 24.3 Å². The van der Waals surface area contributed by atoms with Crippen molar-refractivity contribution in [1.29, 1.82) is 0 Å². The molecule has 0 radical (unpaired) electrons. The molecular formula is C7H7ClOS. The summed E-state index contributed by atoms with van der Waals surface area (Å²) in [5.74, 6) is 0.856. The molecule has 0 aromatic heterocycles. The second-order valence-electron chi connectivity index (χ2n) is 1.75. The summed E-state index contributed by atoms with van der Waals surface area (Å²) >= 11 is 0. The van der Waals surface area contributed by atoms with Crippen LogP contribution in [0.5, 0.6) is 5.75 Å². The van der Waals surface area contributed by atoms with Gasteiger partial charge in [-0.1, -0.05) is 0 Å². The van der Waals surface area contributed by atoms with E-state index in [1.807, 2.05) is 24.3 Å². The zero-order chi connectivity index (χ0) is 7.40.